The third-order valence-electron chi connectivity index (χ3n) is 3.80. The molecule has 4 nitrogen and oxygen atoms in total. The van der Waals surface area contributed by atoms with Crippen LogP contribution in [0, 0.1) is 0 Å². The molecule has 0 spiro atoms. The van der Waals surface area contributed by atoms with E-state index >= 15 is 0 Å². The summed E-state index contributed by atoms with van der Waals surface area (Å²) in [5, 5.41) is 0.606. The Labute approximate surface area is 154 Å². The molecule has 0 amide bonds. The minimum Gasteiger partial charge on any atom is -0.467 e. The van der Waals surface area contributed by atoms with Gasteiger partial charge in [-0.05, 0) is 36.9 Å². The molecule has 1 aliphatic heterocycles. The van der Waals surface area contributed by atoms with Crippen molar-refractivity contribution < 1.29 is 27.4 Å². The lowest BCUT2D eigenvalue weighted by molar-refractivity contribution is -0.274. The molecule has 0 saturated carbocycles. The molecule has 0 bridgehead atoms. The van der Waals surface area contributed by atoms with Crippen molar-refractivity contribution in [3.8, 4) is 11.5 Å². The van der Waals surface area contributed by atoms with Crippen LogP contribution in [0.25, 0.3) is 0 Å². The third-order valence-corrected chi connectivity index (χ3v) is 4.02. The molecule has 0 saturated heterocycles. The summed E-state index contributed by atoms with van der Waals surface area (Å²) in [7, 11) is 1.91. The minimum absolute atomic E-state index is 0.200. The summed E-state index contributed by atoms with van der Waals surface area (Å²) in [6, 6.07) is 9.49. The first kappa shape index (κ1) is 18.8. The number of fused-ring (bicyclic) bond motifs is 1. The summed E-state index contributed by atoms with van der Waals surface area (Å²) in [5.41, 5.74) is 2.71. The van der Waals surface area contributed by atoms with Crippen molar-refractivity contribution in [2.45, 2.75) is 26.1 Å². The fourth-order valence-electron chi connectivity index (χ4n) is 2.83. The highest BCUT2D eigenvalue weighted by Gasteiger charge is 2.30. The lowest BCUT2D eigenvalue weighted by atomic mass is 10.1. The summed E-state index contributed by atoms with van der Waals surface area (Å²) in [5.74, 6) is 0.544. The zero-order chi connectivity index (χ0) is 18.7. The lowest BCUT2D eigenvalue weighted by Crippen LogP contribution is -2.20. The SMILES string of the molecule is CN(Cc1ccc(OC(F)(F)F)cc1)Cc1cc(Cl)cc2c1OCOC2. The van der Waals surface area contributed by atoms with Crippen molar-refractivity contribution in [1.29, 1.82) is 0 Å². The smallest absolute Gasteiger partial charge is 0.467 e. The number of benzene rings is 2. The number of hydrogen-bond donors (Lipinski definition) is 0. The predicted octanol–water partition coefficient (Wildman–Crippen LogP) is 4.74. The van der Waals surface area contributed by atoms with Crippen LogP contribution in [0.1, 0.15) is 16.7 Å². The maximum atomic E-state index is 12.2. The largest absolute Gasteiger partial charge is 0.573 e. The summed E-state index contributed by atoms with van der Waals surface area (Å²) < 4.78 is 51.3. The van der Waals surface area contributed by atoms with Gasteiger partial charge in [-0.2, -0.15) is 0 Å². The van der Waals surface area contributed by atoms with E-state index in [4.69, 9.17) is 21.1 Å². The van der Waals surface area contributed by atoms with Gasteiger partial charge < -0.3 is 14.2 Å². The third kappa shape index (κ3) is 5.03. The number of hydrogen-bond acceptors (Lipinski definition) is 4. The van der Waals surface area contributed by atoms with Gasteiger partial charge >= 0.3 is 6.36 Å². The van der Waals surface area contributed by atoms with E-state index in [0.29, 0.717) is 24.7 Å². The Morgan fingerprint density at radius 1 is 1.15 bits per heavy atom. The summed E-state index contributed by atoms with van der Waals surface area (Å²) in [6.45, 7) is 1.77. The second-order valence-corrected chi connectivity index (χ2v) is 6.46. The van der Waals surface area contributed by atoms with Crippen LogP contribution in [0.3, 0.4) is 0 Å². The molecule has 3 rings (SSSR count). The molecule has 0 N–H and O–H groups in total. The van der Waals surface area contributed by atoms with Gasteiger partial charge in [0.05, 0.1) is 6.61 Å². The highest BCUT2D eigenvalue weighted by Crippen LogP contribution is 2.32. The molecule has 26 heavy (non-hydrogen) atoms. The number of rotatable bonds is 5. The van der Waals surface area contributed by atoms with Crippen LogP contribution in [0.15, 0.2) is 36.4 Å². The maximum Gasteiger partial charge on any atom is 0.573 e. The number of alkyl halides is 3. The lowest BCUT2D eigenvalue weighted by Gasteiger charge is -2.24. The van der Waals surface area contributed by atoms with Crippen LogP contribution in [0.4, 0.5) is 13.2 Å². The molecule has 140 valence electrons. The normalized spacial score (nSPS) is 14.1. The molecular formula is C18H17ClF3NO3. The van der Waals surface area contributed by atoms with Gasteiger partial charge in [-0.3, -0.25) is 4.90 Å². The van der Waals surface area contributed by atoms with E-state index in [-0.39, 0.29) is 12.5 Å². The summed E-state index contributed by atoms with van der Waals surface area (Å²) >= 11 is 6.16. The van der Waals surface area contributed by atoms with Crippen LogP contribution in [0.5, 0.6) is 11.5 Å². The van der Waals surface area contributed by atoms with Crippen LogP contribution < -0.4 is 9.47 Å². The average molecular weight is 388 g/mol. The highest BCUT2D eigenvalue weighted by atomic mass is 35.5. The van der Waals surface area contributed by atoms with E-state index < -0.39 is 6.36 Å². The van der Waals surface area contributed by atoms with Gasteiger partial charge in [0.25, 0.3) is 0 Å². The first-order chi connectivity index (χ1) is 12.3. The monoisotopic (exact) mass is 387 g/mol. The van der Waals surface area contributed by atoms with Gasteiger partial charge in [0.2, 0.25) is 0 Å². The van der Waals surface area contributed by atoms with Gasteiger partial charge in [-0.25, -0.2) is 0 Å². The Morgan fingerprint density at radius 3 is 2.58 bits per heavy atom. The second-order valence-electron chi connectivity index (χ2n) is 6.03. The second kappa shape index (κ2) is 7.73. The molecule has 0 unspecified atom stereocenters. The molecule has 1 aliphatic rings. The fraction of sp³-hybridized carbons (Fsp3) is 0.333. The van der Waals surface area contributed by atoms with E-state index in [2.05, 4.69) is 4.74 Å². The summed E-state index contributed by atoms with van der Waals surface area (Å²) in [4.78, 5) is 2.02. The van der Waals surface area contributed by atoms with Gasteiger partial charge in [0.15, 0.2) is 6.79 Å². The minimum atomic E-state index is -4.69. The molecule has 1 heterocycles. The van der Waals surface area contributed by atoms with Gasteiger partial charge in [0, 0.05) is 29.2 Å². The van der Waals surface area contributed by atoms with E-state index in [0.717, 1.165) is 22.4 Å². The highest BCUT2D eigenvalue weighted by molar-refractivity contribution is 6.30. The molecule has 2 aromatic carbocycles. The predicted molar refractivity (Wildman–Crippen MR) is 90.0 cm³/mol. The Kier molecular flexibility index (Phi) is 5.60. The topological polar surface area (TPSA) is 30.9 Å². The standard InChI is InChI=1S/C18H17ClF3NO3/c1-23(8-12-2-4-16(5-3-12)26-18(20,21)22)9-13-6-15(19)7-14-10-24-11-25-17(13)14/h2-7H,8-11H2,1H3. The Bertz CT molecular complexity index is 766. The molecule has 0 radical (unpaired) electrons. The Morgan fingerprint density at radius 2 is 1.88 bits per heavy atom. The zero-order valence-electron chi connectivity index (χ0n) is 14.0. The van der Waals surface area contributed by atoms with Crippen LogP contribution >= 0.6 is 11.6 Å². The first-order valence-electron chi connectivity index (χ1n) is 7.85. The van der Waals surface area contributed by atoms with Crippen molar-refractivity contribution in [2.75, 3.05) is 13.8 Å². The van der Waals surface area contributed by atoms with Gasteiger partial charge in [-0.1, -0.05) is 23.7 Å². The van der Waals surface area contributed by atoms with Crippen LogP contribution in [-0.2, 0) is 24.4 Å². The molecular weight excluding hydrogens is 371 g/mol. The van der Waals surface area contributed by atoms with E-state index in [1.807, 2.05) is 24.1 Å². The van der Waals surface area contributed by atoms with Gasteiger partial charge in [-0.15, -0.1) is 13.2 Å². The van der Waals surface area contributed by atoms with Crippen molar-refractivity contribution in [3.05, 3.63) is 58.1 Å². The van der Waals surface area contributed by atoms with E-state index in [1.165, 1.54) is 12.1 Å². The van der Waals surface area contributed by atoms with E-state index in [1.54, 1.807) is 12.1 Å². The molecule has 0 aromatic heterocycles. The first-order valence-corrected chi connectivity index (χ1v) is 8.23. The van der Waals surface area contributed by atoms with Crippen molar-refractivity contribution >= 4 is 11.6 Å². The summed E-state index contributed by atoms with van der Waals surface area (Å²) in [6.07, 6.45) is -4.69. The number of halogens is 4. The maximum absolute atomic E-state index is 12.2. The van der Waals surface area contributed by atoms with Crippen molar-refractivity contribution in [2.24, 2.45) is 0 Å². The molecule has 0 aliphatic carbocycles. The van der Waals surface area contributed by atoms with E-state index in [9.17, 15) is 13.2 Å². The van der Waals surface area contributed by atoms with Crippen LogP contribution in [0.2, 0.25) is 5.02 Å². The molecule has 8 heteroatoms. The molecule has 2 aromatic rings. The Balaban J connectivity index is 1.66. The molecule has 0 fully saturated rings. The average Bonchev–Trinajstić information content (AvgIpc) is 2.55. The number of nitrogens with zero attached hydrogens (tertiary/aromatic N) is 1. The Hall–Kier alpha value is -1.96. The quantitative estimate of drug-likeness (QED) is 0.741. The van der Waals surface area contributed by atoms with Crippen molar-refractivity contribution in [3.63, 3.8) is 0 Å². The van der Waals surface area contributed by atoms with Crippen LogP contribution in [-0.4, -0.2) is 25.1 Å². The molecule has 0 atom stereocenters. The van der Waals surface area contributed by atoms with Gasteiger partial charge in [0.1, 0.15) is 11.5 Å². The fourth-order valence-corrected chi connectivity index (χ4v) is 3.09. The number of ether oxygens (including phenoxy) is 3. The zero-order valence-corrected chi connectivity index (χ0v) is 14.7. The van der Waals surface area contributed by atoms with Crippen molar-refractivity contribution in [1.82, 2.24) is 4.90 Å².